The molecule has 1 heterocycles. The fraction of sp³-hybridized carbons (Fsp3) is 0.636. The third-order valence-corrected chi connectivity index (χ3v) is 3.26. The first kappa shape index (κ1) is 13.3. The maximum absolute atomic E-state index is 12.2. The van der Waals surface area contributed by atoms with Crippen molar-refractivity contribution < 1.29 is 9.59 Å². The van der Waals surface area contributed by atoms with Gasteiger partial charge in [-0.3, -0.25) is 9.59 Å². The average Bonchev–Trinajstić information content (AvgIpc) is 2.97. The van der Waals surface area contributed by atoms with E-state index >= 15 is 0 Å². The number of hydrogen-bond donors (Lipinski definition) is 2. The Morgan fingerprint density at radius 3 is 2.63 bits per heavy atom. The standard InChI is InChI=1S/C11H18N6O2/c12-9(18)5-17(8-3-1-2-4-8)10(19)6-16-7-14-11(13)15-16/h7-8H,1-6H2,(H2,12,18)(H2,13,15). The Labute approximate surface area is 110 Å². The molecule has 0 unspecified atom stereocenters. The van der Waals surface area contributed by atoms with E-state index in [0.29, 0.717) is 0 Å². The van der Waals surface area contributed by atoms with Crippen molar-refractivity contribution in [3.63, 3.8) is 0 Å². The smallest absolute Gasteiger partial charge is 0.245 e. The Hall–Kier alpha value is -2.12. The molecule has 0 bridgehead atoms. The lowest BCUT2D eigenvalue weighted by Gasteiger charge is -2.27. The van der Waals surface area contributed by atoms with Gasteiger partial charge in [0.15, 0.2) is 0 Å². The van der Waals surface area contributed by atoms with Gasteiger partial charge in [0.25, 0.3) is 0 Å². The highest BCUT2D eigenvalue weighted by Gasteiger charge is 2.27. The molecule has 0 aliphatic heterocycles. The predicted molar refractivity (Wildman–Crippen MR) is 67.6 cm³/mol. The number of carbonyl (C=O) groups excluding carboxylic acids is 2. The number of hydrogen-bond acceptors (Lipinski definition) is 5. The number of aromatic nitrogens is 3. The summed E-state index contributed by atoms with van der Waals surface area (Å²) in [6, 6.07) is 0.0980. The lowest BCUT2D eigenvalue weighted by atomic mass is 10.2. The summed E-state index contributed by atoms with van der Waals surface area (Å²) in [7, 11) is 0. The summed E-state index contributed by atoms with van der Waals surface area (Å²) in [5.74, 6) is -0.566. The van der Waals surface area contributed by atoms with Crippen LogP contribution in [0.15, 0.2) is 6.33 Å². The first-order valence-electron chi connectivity index (χ1n) is 6.29. The fourth-order valence-electron chi connectivity index (χ4n) is 2.42. The highest BCUT2D eigenvalue weighted by molar-refractivity contribution is 5.84. The molecule has 8 nitrogen and oxygen atoms in total. The van der Waals surface area contributed by atoms with Crippen LogP contribution in [-0.2, 0) is 16.1 Å². The summed E-state index contributed by atoms with van der Waals surface area (Å²) < 4.78 is 1.36. The number of rotatable bonds is 5. The Morgan fingerprint density at radius 2 is 2.11 bits per heavy atom. The molecule has 0 spiro atoms. The molecule has 1 fully saturated rings. The molecular weight excluding hydrogens is 248 g/mol. The van der Waals surface area contributed by atoms with Crippen LogP contribution in [0.25, 0.3) is 0 Å². The quantitative estimate of drug-likeness (QED) is 0.716. The first-order valence-corrected chi connectivity index (χ1v) is 6.29. The molecule has 0 radical (unpaired) electrons. The minimum atomic E-state index is -0.502. The summed E-state index contributed by atoms with van der Waals surface area (Å²) >= 11 is 0. The molecule has 1 saturated carbocycles. The van der Waals surface area contributed by atoms with Crippen molar-refractivity contribution in [2.24, 2.45) is 5.73 Å². The van der Waals surface area contributed by atoms with Crippen LogP contribution < -0.4 is 11.5 Å². The van der Waals surface area contributed by atoms with E-state index in [-0.39, 0.29) is 31.0 Å². The van der Waals surface area contributed by atoms with E-state index in [0.717, 1.165) is 25.7 Å². The van der Waals surface area contributed by atoms with Gasteiger partial charge < -0.3 is 16.4 Å². The van der Waals surface area contributed by atoms with E-state index in [4.69, 9.17) is 11.5 Å². The second kappa shape index (κ2) is 5.68. The minimum Gasteiger partial charge on any atom is -0.368 e. The van der Waals surface area contributed by atoms with Gasteiger partial charge in [-0.25, -0.2) is 9.67 Å². The van der Waals surface area contributed by atoms with Crippen molar-refractivity contribution in [1.82, 2.24) is 19.7 Å². The van der Waals surface area contributed by atoms with Crippen molar-refractivity contribution in [3.8, 4) is 0 Å². The summed E-state index contributed by atoms with van der Waals surface area (Å²) in [4.78, 5) is 28.6. The Bertz CT molecular complexity index is 466. The van der Waals surface area contributed by atoms with E-state index in [9.17, 15) is 9.59 Å². The molecule has 8 heteroatoms. The van der Waals surface area contributed by atoms with E-state index in [2.05, 4.69) is 10.1 Å². The minimum absolute atomic E-state index is 0.0218. The number of carbonyl (C=O) groups is 2. The lowest BCUT2D eigenvalue weighted by molar-refractivity contribution is -0.138. The monoisotopic (exact) mass is 266 g/mol. The van der Waals surface area contributed by atoms with Crippen LogP contribution in [0.3, 0.4) is 0 Å². The van der Waals surface area contributed by atoms with E-state index in [1.807, 2.05) is 0 Å². The molecular formula is C11H18N6O2. The zero-order chi connectivity index (χ0) is 13.8. The van der Waals surface area contributed by atoms with Crippen molar-refractivity contribution in [2.75, 3.05) is 12.3 Å². The van der Waals surface area contributed by atoms with E-state index < -0.39 is 5.91 Å². The van der Waals surface area contributed by atoms with Gasteiger partial charge in [0.2, 0.25) is 17.8 Å². The number of nitrogens with zero attached hydrogens (tertiary/aromatic N) is 4. The van der Waals surface area contributed by atoms with E-state index in [1.165, 1.54) is 11.0 Å². The van der Waals surface area contributed by atoms with Gasteiger partial charge >= 0.3 is 0 Å². The SMILES string of the molecule is NC(=O)CN(C(=O)Cn1cnc(N)n1)C1CCCC1. The maximum Gasteiger partial charge on any atom is 0.245 e. The van der Waals surface area contributed by atoms with Gasteiger partial charge in [-0.05, 0) is 12.8 Å². The molecule has 4 N–H and O–H groups in total. The normalized spacial score (nSPS) is 15.6. The van der Waals surface area contributed by atoms with Gasteiger partial charge in [0.1, 0.15) is 12.9 Å². The average molecular weight is 266 g/mol. The molecule has 0 aromatic carbocycles. The Kier molecular flexibility index (Phi) is 3.98. The molecule has 0 saturated heterocycles. The van der Waals surface area contributed by atoms with Crippen molar-refractivity contribution in [1.29, 1.82) is 0 Å². The lowest BCUT2D eigenvalue weighted by Crippen LogP contribution is -2.45. The number of nitrogens with two attached hydrogens (primary N) is 2. The highest BCUT2D eigenvalue weighted by atomic mass is 16.2. The van der Waals surface area contributed by atoms with Crippen molar-refractivity contribution in [3.05, 3.63) is 6.33 Å². The topological polar surface area (TPSA) is 120 Å². The van der Waals surface area contributed by atoms with Crippen molar-refractivity contribution in [2.45, 2.75) is 38.3 Å². The van der Waals surface area contributed by atoms with Crippen LogP contribution in [0.1, 0.15) is 25.7 Å². The van der Waals surface area contributed by atoms with E-state index in [1.54, 1.807) is 4.90 Å². The van der Waals surface area contributed by atoms with Crippen LogP contribution in [0.2, 0.25) is 0 Å². The van der Waals surface area contributed by atoms with Crippen LogP contribution in [0, 0.1) is 0 Å². The second-order valence-corrected chi connectivity index (χ2v) is 4.73. The predicted octanol–water partition coefficient (Wildman–Crippen LogP) is -0.883. The molecule has 2 rings (SSSR count). The molecule has 0 atom stereocenters. The van der Waals surface area contributed by atoms with Gasteiger partial charge in [-0.1, -0.05) is 12.8 Å². The summed E-state index contributed by atoms with van der Waals surface area (Å²) in [5, 5.41) is 3.86. The number of nitrogen functional groups attached to an aromatic ring is 1. The Morgan fingerprint density at radius 1 is 1.42 bits per heavy atom. The van der Waals surface area contributed by atoms with Crippen molar-refractivity contribution >= 4 is 17.8 Å². The van der Waals surface area contributed by atoms with Gasteiger partial charge in [0.05, 0.1) is 6.54 Å². The number of anilines is 1. The fourth-order valence-corrected chi connectivity index (χ4v) is 2.42. The molecule has 2 amide bonds. The van der Waals surface area contributed by atoms with Crippen LogP contribution in [0.4, 0.5) is 5.95 Å². The molecule has 1 aromatic heterocycles. The summed E-state index contributed by atoms with van der Waals surface area (Å²) in [6.45, 7) is -0.0261. The zero-order valence-corrected chi connectivity index (χ0v) is 10.7. The zero-order valence-electron chi connectivity index (χ0n) is 10.7. The molecule has 19 heavy (non-hydrogen) atoms. The van der Waals surface area contributed by atoms with Crippen LogP contribution >= 0.6 is 0 Å². The number of primary amides is 1. The molecule has 1 aliphatic carbocycles. The Balaban J connectivity index is 2.04. The first-order chi connectivity index (χ1) is 9.06. The van der Waals surface area contributed by atoms with Gasteiger partial charge in [0, 0.05) is 6.04 Å². The largest absolute Gasteiger partial charge is 0.368 e. The van der Waals surface area contributed by atoms with Gasteiger partial charge in [-0.2, -0.15) is 0 Å². The van der Waals surface area contributed by atoms with Gasteiger partial charge in [-0.15, -0.1) is 5.10 Å². The molecule has 1 aromatic rings. The second-order valence-electron chi connectivity index (χ2n) is 4.73. The number of amides is 2. The third-order valence-electron chi connectivity index (χ3n) is 3.26. The van der Waals surface area contributed by atoms with Crippen LogP contribution in [0.5, 0.6) is 0 Å². The highest BCUT2D eigenvalue weighted by Crippen LogP contribution is 2.23. The summed E-state index contributed by atoms with van der Waals surface area (Å²) in [5.41, 5.74) is 10.6. The maximum atomic E-state index is 12.2. The van der Waals surface area contributed by atoms with Crippen LogP contribution in [-0.4, -0.2) is 44.1 Å². The molecule has 104 valence electrons. The molecule has 1 aliphatic rings. The summed E-state index contributed by atoms with van der Waals surface area (Å²) in [6.07, 6.45) is 5.37. The third kappa shape index (κ3) is 3.43.